The van der Waals surface area contributed by atoms with E-state index in [2.05, 4.69) is 31.3 Å². The van der Waals surface area contributed by atoms with Crippen LogP contribution < -0.4 is 10.1 Å². The maximum Gasteiger partial charge on any atom is 0.122 e. The fourth-order valence-corrected chi connectivity index (χ4v) is 2.13. The molecule has 0 spiro atoms. The van der Waals surface area contributed by atoms with E-state index in [1.54, 1.807) is 14.2 Å². The summed E-state index contributed by atoms with van der Waals surface area (Å²) in [6.45, 7) is 4.20. The Hall–Kier alpha value is -1.06. The van der Waals surface area contributed by atoms with Gasteiger partial charge in [0, 0.05) is 13.2 Å². The third-order valence-corrected chi connectivity index (χ3v) is 3.33. The van der Waals surface area contributed by atoms with Crippen molar-refractivity contribution in [2.75, 3.05) is 21.3 Å². The summed E-state index contributed by atoms with van der Waals surface area (Å²) in [6.07, 6.45) is 2.21. The quantitative estimate of drug-likeness (QED) is 0.808. The molecule has 0 fully saturated rings. The molecule has 0 bridgehead atoms. The second-order valence-corrected chi connectivity index (χ2v) is 4.79. The van der Waals surface area contributed by atoms with Crippen molar-refractivity contribution in [2.24, 2.45) is 0 Å². The van der Waals surface area contributed by atoms with Crippen molar-refractivity contribution < 1.29 is 9.47 Å². The second kappa shape index (κ2) is 7.39. The van der Waals surface area contributed by atoms with Crippen LogP contribution in [0.1, 0.15) is 24.5 Å². The second-order valence-electron chi connectivity index (χ2n) is 4.79. The summed E-state index contributed by atoms with van der Waals surface area (Å²) in [7, 11) is 5.47. The van der Waals surface area contributed by atoms with Gasteiger partial charge in [-0.05, 0) is 45.4 Å². The maximum atomic E-state index is 5.42. The van der Waals surface area contributed by atoms with Crippen LogP contribution in [0.5, 0.6) is 5.75 Å². The van der Waals surface area contributed by atoms with Crippen LogP contribution in [0.2, 0.25) is 0 Å². The van der Waals surface area contributed by atoms with Gasteiger partial charge < -0.3 is 14.8 Å². The van der Waals surface area contributed by atoms with Gasteiger partial charge in [0.15, 0.2) is 0 Å². The zero-order valence-corrected chi connectivity index (χ0v) is 12.1. The topological polar surface area (TPSA) is 30.5 Å². The van der Waals surface area contributed by atoms with E-state index in [1.807, 2.05) is 13.1 Å². The lowest BCUT2D eigenvalue weighted by atomic mass is 9.99. The fraction of sp³-hybridized carbons (Fsp3) is 0.600. The maximum absolute atomic E-state index is 5.42. The van der Waals surface area contributed by atoms with Crippen LogP contribution in [0, 0.1) is 6.92 Å². The lowest BCUT2D eigenvalue weighted by Crippen LogP contribution is -2.31. The van der Waals surface area contributed by atoms with Crippen LogP contribution in [0.3, 0.4) is 0 Å². The molecule has 0 radical (unpaired) electrons. The predicted molar refractivity (Wildman–Crippen MR) is 75.4 cm³/mol. The van der Waals surface area contributed by atoms with E-state index in [1.165, 1.54) is 11.1 Å². The van der Waals surface area contributed by atoms with Gasteiger partial charge in [0.25, 0.3) is 0 Å². The molecule has 0 aliphatic rings. The normalized spacial score (nSPS) is 14.3. The predicted octanol–water partition coefficient (Wildman–Crippen LogP) is 2.56. The first-order valence-corrected chi connectivity index (χ1v) is 6.44. The van der Waals surface area contributed by atoms with Gasteiger partial charge >= 0.3 is 0 Å². The molecule has 2 unspecified atom stereocenters. The molecular weight excluding hydrogens is 226 g/mol. The zero-order valence-electron chi connectivity index (χ0n) is 12.1. The lowest BCUT2D eigenvalue weighted by Gasteiger charge is -2.21. The minimum Gasteiger partial charge on any atom is -0.496 e. The summed E-state index contributed by atoms with van der Waals surface area (Å²) in [5.41, 5.74) is 2.51. The Morgan fingerprint density at radius 1 is 1.28 bits per heavy atom. The molecule has 3 nitrogen and oxygen atoms in total. The van der Waals surface area contributed by atoms with Crippen LogP contribution in [-0.2, 0) is 11.2 Å². The summed E-state index contributed by atoms with van der Waals surface area (Å²) in [6, 6.07) is 6.71. The number of methoxy groups -OCH3 is 2. The summed E-state index contributed by atoms with van der Waals surface area (Å²) < 4.78 is 10.7. The van der Waals surface area contributed by atoms with Crippen LogP contribution in [0.25, 0.3) is 0 Å². The van der Waals surface area contributed by atoms with Crippen molar-refractivity contribution in [3.05, 3.63) is 29.3 Å². The first kappa shape index (κ1) is 15.0. The molecule has 102 valence electrons. The Balaban J connectivity index is 2.77. The molecule has 2 atom stereocenters. The molecule has 3 heteroatoms. The first-order valence-electron chi connectivity index (χ1n) is 6.44. The fourth-order valence-electron chi connectivity index (χ4n) is 2.13. The highest BCUT2D eigenvalue weighted by Gasteiger charge is 2.14. The number of ether oxygens (including phenoxy) is 2. The van der Waals surface area contributed by atoms with Crippen LogP contribution in [0.15, 0.2) is 18.2 Å². The van der Waals surface area contributed by atoms with Gasteiger partial charge in [0.05, 0.1) is 13.2 Å². The van der Waals surface area contributed by atoms with Gasteiger partial charge in [-0.15, -0.1) is 0 Å². The Morgan fingerprint density at radius 2 is 2.00 bits per heavy atom. The molecule has 0 amide bonds. The highest BCUT2D eigenvalue weighted by molar-refractivity contribution is 5.37. The van der Waals surface area contributed by atoms with Crippen molar-refractivity contribution in [1.82, 2.24) is 5.32 Å². The average Bonchev–Trinajstić information content (AvgIpc) is 2.38. The Labute approximate surface area is 110 Å². The average molecular weight is 251 g/mol. The van der Waals surface area contributed by atoms with Crippen molar-refractivity contribution in [2.45, 2.75) is 38.8 Å². The standard InChI is InChI=1S/C15H25NO2/c1-11-6-7-15(18-5)13(8-11)10-14(16-3)9-12(2)17-4/h6-8,12,14,16H,9-10H2,1-5H3. The largest absolute Gasteiger partial charge is 0.496 e. The molecule has 1 N–H and O–H groups in total. The summed E-state index contributed by atoms with van der Waals surface area (Å²) in [5.74, 6) is 0.964. The van der Waals surface area contributed by atoms with E-state index in [0.717, 1.165) is 18.6 Å². The van der Waals surface area contributed by atoms with Gasteiger partial charge in [0.1, 0.15) is 5.75 Å². The molecule has 0 aromatic heterocycles. The van der Waals surface area contributed by atoms with Gasteiger partial charge in [0.2, 0.25) is 0 Å². The number of hydrogen-bond acceptors (Lipinski definition) is 3. The number of likely N-dealkylation sites (N-methyl/N-ethyl adjacent to an activating group) is 1. The molecule has 0 heterocycles. The highest BCUT2D eigenvalue weighted by atomic mass is 16.5. The minimum absolute atomic E-state index is 0.262. The van der Waals surface area contributed by atoms with Gasteiger partial charge in [-0.25, -0.2) is 0 Å². The van der Waals surface area contributed by atoms with Crippen LogP contribution >= 0.6 is 0 Å². The first-order chi connectivity index (χ1) is 8.60. The monoisotopic (exact) mass is 251 g/mol. The molecule has 1 aromatic carbocycles. The summed E-state index contributed by atoms with van der Waals surface area (Å²) in [4.78, 5) is 0. The van der Waals surface area contributed by atoms with E-state index in [9.17, 15) is 0 Å². The molecule has 0 aliphatic carbocycles. The van der Waals surface area contributed by atoms with Crippen molar-refractivity contribution >= 4 is 0 Å². The Kier molecular flexibility index (Phi) is 6.16. The molecule has 0 saturated heterocycles. The molecule has 1 aromatic rings. The third kappa shape index (κ3) is 4.31. The number of aryl methyl sites for hydroxylation is 1. The van der Waals surface area contributed by atoms with Crippen molar-refractivity contribution in [3.8, 4) is 5.75 Å². The van der Waals surface area contributed by atoms with Crippen LogP contribution in [-0.4, -0.2) is 33.4 Å². The Morgan fingerprint density at radius 3 is 2.56 bits per heavy atom. The number of benzene rings is 1. The van der Waals surface area contributed by atoms with E-state index < -0.39 is 0 Å². The van der Waals surface area contributed by atoms with Crippen LogP contribution in [0.4, 0.5) is 0 Å². The van der Waals surface area contributed by atoms with E-state index in [0.29, 0.717) is 6.04 Å². The number of rotatable bonds is 7. The van der Waals surface area contributed by atoms with Crippen molar-refractivity contribution in [1.29, 1.82) is 0 Å². The third-order valence-electron chi connectivity index (χ3n) is 3.33. The molecular formula is C15H25NO2. The molecule has 0 aliphatic heterocycles. The van der Waals surface area contributed by atoms with E-state index in [-0.39, 0.29) is 6.10 Å². The van der Waals surface area contributed by atoms with Gasteiger partial charge in [-0.2, -0.15) is 0 Å². The smallest absolute Gasteiger partial charge is 0.122 e. The Bertz CT molecular complexity index is 366. The van der Waals surface area contributed by atoms with E-state index >= 15 is 0 Å². The lowest BCUT2D eigenvalue weighted by molar-refractivity contribution is 0.101. The summed E-state index contributed by atoms with van der Waals surface area (Å²) in [5, 5.41) is 3.35. The minimum atomic E-state index is 0.262. The molecule has 18 heavy (non-hydrogen) atoms. The number of nitrogens with one attached hydrogen (secondary N) is 1. The highest BCUT2D eigenvalue weighted by Crippen LogP contribution is 2.22. The molecule has 0 saturated carbocycles. The SMILES string of the molecule is CNC(Cc1cc(C)ccc1OC)CC(C)OC. The van der Waals surface area contributed by atoms with E-state index in [4.69, 9.17) is 9.47 Å². The van der Waals surface area contributed by atoms with Gasteiger partial charge in [-0.3, -0.25) is 0 Å². The summed E-state index contributed by atoms with van der Waals surface area (Å²) >= 11 is 0. The van der Waals surface area contributed by atoms with Crippen molar-refractivity contribution in [3.63, 3.8) is 0 Å². The molecule has 1 rings (SSSR count). The van der Waals surface area contributed by atoms with Gasteiger partial charge in [-0.1, -0.05) is 17.7 Å². The number of hydrogen-bond donors (Lipinski definition) is 1. The zero-order chi connectivity index (χ0) is 13.5.